The second-order valence-electron chi connectivity index (χ2n) is 7.72. The number of hydrogen-bond donors (Lipinski definition) is 3. The minimum absolute atomic E-state index is 0.0521. The molecule has 1 unspecified atom stereocenters. The molecule has 0 radical (unpaired) electrons. The number of methoxy groups -OCH3 is 1. The maximum Gasteiger partial charge on any atom is 0.253 e. The molecule has 0 bridgehead atoms. The van der Waals surface area contributed by atoms with E-state index in [4.69, 9.17) is 16.3 Å². The monoisotopic (exact) mass is 495 g/mol. The van der Waals surface area contributed by atoms with Crippen molar-refractivity contribution >= 4 is 29.1 Å². The Kier molecular flexibility index (Phi) is 7.28. The quantitative estimate of drug-likeness (QED) is 0.330. The van der Waals surface area contributed by atoms with E-state index in [2.05, 4.69) is 20.6 Å². The number of carbonyl (C=O) groups excluding carboxylic acids is 1. The highest BCUT2D eigenvalue weighted by atomic mass is 35.5. The molecule has 10 heteroatoms. The number of nitrogens with zero attached hydrogens (tertiary/aromatic N) is 3. The van der Waals surface area contributed by atoms with Gasteiger partial charge in [0.05, 0.1) is 31.0 Å². The number of aromatic nitrogens is 3. The Hall–Kier alpha value is -3.95. The molecule has 35 heavy (non-hydrogen) atoms. The van der Waals surface area contributed by atoms with E-state index in [0.29, 0.717) is 27.7 Å². The molecule has 0 aliphatic carbocycles. The molecule has 0 fully saturated rings. The lowest BCUT2D eigenvalue weighted by Crippen LogP contribution is -2.30. The summed E-state index contributed by atoms with van der Waals surface area (Å²) < 4.78 is 20.8. The summed E-state index contributed by atoms with van der Waals surface area (Å²) in [6.45, 7) is 1.55. The molecule has 0 aliphatic rings. The van der Waals surface area contributed by atoms with E-state index in [1.807, 2.05) is 6.92 Å². The molecule has 1 atom stereocenters. The number of rotatable bonds is 8. The SMILES string of the molecule is COc1c(F)cccc1Nc1ncc(C)c(-n2ccc(C(=O)NC(CO)c3cccc(Cl)c3)c2)n1. The fourth-order valence-corrected chi connectivity index (χ4v) is 3.75. The van der Waals surface area contributed by atoms with Crippen LogP contribution in [0.2, 0.25) is 5.02 Å². The maximum absolute atomic E-state index is 14.0. The van der Waals surface area contributed by atoms with Gasteiger partial charge in [-0.1, -0.05) is 29.8 Å². The van der Waals surface area contributed by atoms with Gasteiger partial charge >= 0.3 is 0 Å². The minimum atomic E-state index is -0.609. The first kappa shape index (κ1) is 24.2. The molecule has 3 N–H and O–H groups in total. The zero-order chi connectivity index (χ0) is 24.9. The third kappa shape index (κ3) is 5.42. The molecule has 0 spiro atoms. The number of amides is 1. The van der Waals surface area contributed by atoms with Gasteiger partial charge in [-0.15, -0.1) is 0 Å². The van der Waals surface area contributed by atoms with Crippen LogP contribution < -0.4 is 15.4 Å². The van der Waals surface area contributed by atoms with Crippen LogP contribution in [-0.2, 0) is 0 Å². The Balaban J connectivity index is 1.55. The highest BCUT2D eigenvalue weighted by Crippen LogP contribution is 2.29. The molecular formula is C25H23ClFN5O3. The van der Waals surface area contributed by atoms with Gasteiger partial charge in [0.2, 0.25) is 5.95 Å². The minimum Gasteiger partial charge on any atom is -0.492 e. The molecule has 1 amide bonds. The second-order valence-corrected chi connectivity index (χ2v) is 8.15. The highest BCUT2D eigenvalue weighted by molar-refractivity contribution is 6.30. The number of benzene rings is 2. The third-order valence-corrected chi connectivity index (χ3v) is 5.54. The molecule has 0 aliphatic heterocycles. The van der Waals surface area contributed by atoms with Crippen LogP contribution in [0.15, 0.2) is 67.1 Å². The Morgan fingerprint density at radius 2 is 2.06 bits per heavy atom. The summed E-state index contributed by atoms with van der Waals surface area (Å²) in [6, 6.07) is 12.5. The van der Waals surface area contributed by atoms with E-state index in [-0.39, 0.29) is 24.2 Å². The zero-order valence-corrected chi connectivity index (χ0v) is 19.8. The van der Waals surface area contributed by atoms with Gasteiger partial charge in [0.15, 0.2) is 11.6 Å². The number of halogens is 2. The number of aliphatic hydroxyl groups excluding tert-OH is 1. The van der Waals surface area contributed by atoms with E-state index < -0.39 is 11.9 Å². The van der Waals surface area contributed by atoms with Gasteiger partial charge in [-0.05, 0) is 42.8 Å². The predicted octanol–water partition coefficient (Wildman–Crippen LogP) is 4.58. The Morgan fingerprint density at radius 1 is 1.26 bits per heavy atom. The van der Waals surface area contributed by atoms with Crippen LogP contribution in [0, 0.1) is 12.7 Å². The number of carbonyl (C=O) groups is 1. The van der Waals surface area contributed by atoms with Crippen molar-refractivity contribution in [3.63, 3.8) is 0 Å². The highest BCUT2D eigenvalue weighted by Gasteiger charge is 2.17. The summed E-state index contributed by atoms with van der Waals surface area (Å²) >= 11 is 6.03. The topological polar surface area (TPSA) is 101 Å². The van der Waals surface area contributed by atoms with Crippen molar-refractivity contribution in [2.24, 2.45) is 0 Å². The number of hydrogen-bond acceptors (Lipinski definition) is 6. The molecule has 2 aromatic carbocycles. The number of ether oxygens (including phenoxy) is 1. The second kappa shape index (κ2) is 10.5. The first-order chi connectivity index (χ1) is 16.9. The van der Waals surface area contributed by atoms with Gasteiger partial charge in [0.1, 0.15) is 5.82 Å². The van der Waals surface area contributed by atoms with E-state index in [1.165, 1.54) is 13.2 Å². The van der Waals surface area contributed by atoms with Crippen molar-refractivity contribution in [2.75, 3.05) is 19.0 Å². The van der Waals surface area contributed by atoms with E-state index in [1.54, 1.807) is 65.6 Å². The van der Waals surface area contributed by atoms with Crippen molar-refractivity contribution in [1.29, 1.82) is 0 Å². The van der Waals surface area contributed by atoms with Gasteiger partial charge in [-0.25, -0.2) is 9.37 Å². The van der Waals surface area contributed by atoms with Crippen LogP contribution in [0.4, 0.5) is 16.0 Å². The zero-order valence-electron chi connectivity index (χ0n) is 19.0. The number of aryl methyl sites for hydroxylation is 1. The van der Waals surface area contributed by atoms with Crippen molar-refractivity contribution in [3.05, 3.63) is 94.7 Å². The Bertz CT molecular complexity index is 1360. The van der Waals surface area contributed by atoms with Crippen LogP contribution in [-0.4, -0.2) is 39.3 Å². The van der Waals surface area contributed by atoms with Crippen molar-refractivity contribution in [3.8, 4) is 11.6 Å². The molecule has 0 saturated carbocycles. The largest absolute Gasteiger partial charge is 0.492 e. The molecule has 4 aromatic rings. The molecule has 8 nitrogen and oxygen atoms in total. The number of aliphatic hydroxyl groups is 1. The van der Waals surface area contributed by atoms with Crippen LogP contribution in [0.25, 0.3) is 5.82 Å². The van der Waals surface area contributed by atoms with Gasteiger partial charge in [-0.3, -0.25) is 4.79 Å². The lowest BCUT2D eigenvalue weighted by Gasteiger charge is -2.16. The Labute approximate surface area is 206 Å². The summed E-state index contributed by atoms with van der Waals surface area (Å²) in [5.74, 6) is -0.0561. The molecule has 180 valence electrons. The predicted molar refractivity (Wildman–Crippen MR) is 131 cm³/mol. The van der Waals surface area contributed by atoms with Crippen molar-refractivity contribution < 1.29 is 19.0 Å². The fourth-order valence-electron chi connectivity index (χ4n) is 3.55. The molecule has 2 aromatic heterocycles. The average Bonchev–Trinajstić information content (AvgIpc) is 3.34. The summed E-state index contributed by atoms with van der Waals surface area (Å²) in [5, 5.41) is 16.1. The summed E-state index contributed by atoms with van der Waals surface area (Å²) in [7, 11) is 1.38. The first-order valence-corrected chi connectivity index (χ1v) is 11.1. The first-order valence-electron chi connectivity index (χ1n) is 10.7. The summed E-state index contributed by atoms with van der Waals surface area (Å²) in [4.78, 5) is 21.6. The van der Waals surface area contributed by atoms with E-state index >= 15 is 0 Å². The van der Waals surface area contributed by atoms with Gasteiger partial charge < -0.3 is 25.0 Å². The van der Waals surface area contributed by atoms with Crippen molar-refractivity contribution in [1.82, 2.24) is 19.9 Å². The summed E-state index contributed by atoms with van der Waals surface area (Å²) in [5.41, 5.74) is 2.22. The van der Waals surface area contributed by atoms with Gasteiger partial charge in [0.25, 0.3) is 5.91 Å². The molecule has 0 saturated heterocycles. The van der Waals surface area contributed by atoms with E-state index in [9.17, 15) is 14.3 Å². The number of anilines is 2. The fraction of sp³-hybridized carbons (Fsp3) is 0.160. The standard InChI is InChI=1S/C25H23ClFN5O3/c1-15-12-28-25(30-20-8-4-7-19(27)22(20)35-2)31-23(15)32-10-9-17(13-32)24(34)29-21(14-33)16-5-3-6-18(26)11-16/h3-13,21,33H,14H2,1-2H3,(H,29,34)(H,28,30,31). The Morgan fingerprint density at radius 3 is 2.80 bits per heavy atom. The third-order valence-electron chi connectivity index (χ3n) is 5.30. The molecule has 2 heterocycles. The number of nitrogens with one attached hydrogen (secondary N) is 2. The number of para-hydroxylation sites is 1. The lowest BCUT2D eigenvalue weighted by atomic mass is 10.1. The van der Waals surface area contributed by atoms with Crippen LogP contribution in [0.5, 0.6) is 5.75 Å². The van der Waals surface area contributed by atoms with Gasteiger partial charge in [-0.2, -0.15) is 4.98 Å². The smallest absolute Gasteiger partial charge is 0.253 e. The lowest BCUT2D eigenvalue weighted by molar-refractivity contribution is 0.0916. The van der Waals surface area contributed by atoms with Crippen LogP contribution >= 0.6 is 11.6 Å². The molecule has 4 rings (SSSR count). The maximum atomic E-state index is 14.0. The van der Waals surface area contributed by atoms with Crippen LogP contribution in [0.3, 0.4) is 0 Å². The normalized spacial score (nSPS) is 11.7. The van der Waals surface area contributed by atoms with Crippen LogP contribution in [0.1, 0.15) is 27.5 Å². The van der Waals surface area contributed by atoms with E-state index in [0.717, 1.165) is 5.56 Å². The summed E-state index contributed by atoms with van der Waals surface area (Å²) in [6.07, 6.45) is 4.95. The molecular weight excluding hydrogens is 473 g/mol. The van der Waals surface area contributed by atoms with Gasteiger partial charge in [0, 0.05) is 29.2 Å². The average molecular weight is 496 g/mol. The van der Waals surface area contributed by atoms with Crippen molar-refractivity contribution in [2.45, 2.75) is 13.0 Å².